The Bertz CT molecular complexity index is 284. The zero-order valence-electron chi connectivity index (χ0n) is 8.86. The molecule has 0 saturated carbocycles. The van der Waals surface area contributed by atoms with Crippen LogP contribution in [0.1, 0.15) is 6.92 Å². The Morgan fingerprint density at radius 2 is 2.29 bits per heavy atom. The second-order valence-corrected chi connectivity index (χ2v) is 3.49. The fourth-order valence-electron chi connectivity index (χ4n) is 0.928. The van der Waals surface area contributed by atoms with Gasteiger partial charge in [-0.3, -0.25) is 0 Å². The number of nitrogens with zero attached hydrogens (tertiary/aromatic N) is 3. The van der Waals surface area contributed by atoms with E-state index in [0.29, 0.717) is 12.5 Å². The third kappa shape index (κ3) is 3.18. The average molecular weight is 195 g/mol. The van der Waals surface area contributed by atoms with Crippen LogP contribution in [0.5, 0.6) is 0 Å². The molecule has 1 heterocycles. The number of aromatic nitrogens is 2. The molecular formula is C9H17N5. The molecule has 1 rings (SSSR count). The maximum Gasteiger partial charge on any atom is 0.226 e. The molecule has 78 valence electrons. The zero-order chi connectivity index (χ0) is 10.6. The molecule has 0 aliphatic carbocycles. The van der Waals surface area contributed by atoms with E-state index < -0.39 is 0 Å². The fourth-order valence-corrected chi connectivity index (χ4v) is 0.928. The van der Waals surface area contributed by atoms with Gasteiger partial charge >= 0.3 is 0 Å². The summed E-state index contributed by atoms with van der Waals surface area (Å²) in [5, 5.41) is 3.14. The highest BCUT2D eigenvalue weighted by atomic mass is 15.2. The second kappa shape index (κ2) is 4.76. The van der Waals surface area contributed by atoms with Crippen LogP contribution in [-0.2, 0) is 0 Å². The number of hydrogen-bond acceptors (Lipinski definition) is 5. The molecule has 0 aliphatic rings. The first kappa shape index (κ1) is 10.7. The predicted molar refractivity (Wildman–Crippen MR) is 58.5 cm³/mol. The molecule has 5 nitrogen and oxygen atoms in total. The molecule has 0 bridgehead atoms. The molecular weight excluding hydrogens is 178 g/mol. The lowest BCUT2D eigenvalue weighted by Gasteiger charge is -2.12. The summed E-state index contributed by atoms with van der Waals surface area (Å²) in [6.07, 6.45) is 1.73. The fraction of sp³-hybridized carbons (Fsp3) is 0.556. The quantitative estimate of drug-likeness (QED) is 0.723. The van der Waals surface area contributed by atoms with Crippen molar-refractivity contribution in [2.75, 3.05) is 30.9 Å². The smallest absolute Gasteiger partial charge is 0.226 e. The molecule has 1 aromatic rings. The molecule has 0 saturated heterocycles. The highest BCUT2D eigenvalue weighted by Crippen LogP contribution is 2.07. The van der Waals surface area contributed by atoms with Gasteiger partial charge in [0, 0.05) is 32.9 Å². The summed E-state index contributed by atoms with van der Waals surface area (Å²) >= 11 is 0. The van der Waals surface area contributed by atoms with Crippen LogP contribution in [0.4, 0.5) is 11.8 Å². The van der Waals surface area contributed by atoms with Crippen molar-refractivity contribution in [3.8, 4) is 0 Å². The molecule has 0 spiro atoms. The molecule has 0 fully saturated rings. The van der Waals surface area contributed by atoms with E-state index in [1.54, 1.807) is 6.20 Å². The molecule has 14 heavy (non-hydrogen) atoms. The lowest BCUT2D eigenvalue weighted by molar-refractivity contribution is 0.776. The SMILES string of the molecule is CC(N)CNc1ccnc(N(C)C)n1. The van der Waals surface area contributed by atoms with Crippen molar-refractivity contribution in [3.63, 3.8) is 0 Å². The minimum absolute atomic E-state index is 0.118. The summed E-state index contributed by atoms with van der Waals surface area (Å²) in [6.45, 7) is 2.66. The van der Waals surface area contributed by atoms with Crippen LogP contribution in [-0.4, -0.2) is 36.6 Å². The Balaban J connectivity index is 2.64. The maximum absolute atomic E-state index is 5.62. The Hall–Kier alpha value is -1.36. The Labute approximate surface area is 84.3 Å². The monoisotopic (exact) mass is 195 g/mol. The van der Waals surface area contributed by atoms with E-state index in [-0.39, 0.29) is 6.04 Å². The normalized spacial score (nSPS) is 12.3. The van der Waals surface area contributed by atoms with E-state index in [9.17, 15) is 0 Å². The van der Waals surface area contributed by atoms with Gasteiger partial charge < -0.3 is 16.0 Å². The van der Waals surface area contributed by atoms with Gasteiger partial charge in [-0.2, -0.15) is 4.98 Å². The highest BCUT2D eigenvalue weighted by Gasteiger charge is 2.00. The second-order valence-electron chi connectivity index (χ2n) is 3.49. The first-order valence-corrected chi connectivity index (χ1v) is 4.59. The summed E-state index contributed by atoms with van der Waals surface area (Å²) < 4.78 is 0. The minimum atomic E-state index is 0.118. The van der Waals surface area contributed by atoms with Gasteiger partial charge in [-0.05, 0) is 13.0 Å². The Morgan fingerprint density at radius 1 is 1.57 bits per heavy atom. The van der Waals surface area contributed by atoms with Crippen molar-refractivity contribution in [1.82, 2.24) is 9.97 Å². The van der Waals surface area contributed by atoms with E-state index in [1.807, 2.05) is 32.0 Å². The summed E-state index contributed by atoms with van der Waals surface area (Å²) in [5.41, 5.74) is 5.62. The van der Waals surface area contributed by atoms with Gasteiger partial charge in [0.1, 0.15) is 5.82 Å². The van der Waals surface area contributed by atoms with Crippen molar-refractivity contribution < 1.29 is 0 Å². The molecule has 0 aliphatic heterocycles. The first-order valence-electron chi connectivity index (χ1n) is 4.59. The number of anilines is 2. The highest BCUT2D eigenvalue weighted by molar-refractivity contribution is 5.40. The average Bonchev–Trinajstić information content (AvgIpc) is 2.15. The molecule has 0 aromatic carbocycles. The molecule has 1 aromatic heterocycles. The summed E-state index contributed by atoms with van der Waals surface area (Å²) in [5.74, 6) is 1.50. The standard InChI is InChI=1S/C9H17N5/c1-7(10)6-12-8-4-5-11-9(13-8)14(2)3/h4-5,7H,6,10H2,1-3H3,(H,11,12,13). The largest absolute Gasteiger partial charge is 0.368 e. The van der Waals surface area contributed by atoms with E-state index in [0.717, 1.165) is 5.82 Å². The van der Waals surface area contributed by atoms with E-state index in [2.05, 4.69) is 15.3 Å². The molecule has 1 atom stereocenters. The topological polar surface area (TPSA) is 67.1 Å². The first-order chi connectivity index (χ1) is 6.59. The van der Waals surface area contributed by atoms with Gasteiger partial charge in [-0.1, -0.05) is 0 Å². The lowest BCUT2D eigenvalue weighted by Crippen LogP contribution is -2.25. The molecule has 0 amide bonds. The van der Waals surface area contributed by atoms with Crippen LogP contribution in [0.3, 0.4) is 0 Å². The van der Waals surface area contributed by atoms with Gasteiger partial charge in [-0.15, -0.1) is 0 Å². The number of nitrogens with two attached hydrogens (primary N) is 1. The van der Waals surface area contributed by atoms with Gasteiger partial charge in [0.05, 0.1) is 0 Å². The third-order valence-corrected chi connectivity index (χ3v) is 1.65. The number of nitrogens with one attached hydrogen (secondary N) is 1. The van der Waals surface area contributed by atoms with Crippen molar-refractivity contribution in [3.05, 3.63) is 12.3 Å². The number of rotatable bonds is 4. The van der Waals surface area contributed by atoms with Crippen LogP contribution < -0.4 is 16.0 Å². The van der Waals surface area contributed by atoms with Crippen LogP contribution in [0, 0.1) is 0 Å². The van der Waals surface area contributed by atoms with Gasteiger partial charge in [0.2, 0.25) is 5.95 Å². The van der Waals surface area contributed by atoms with Gasteiger partial charge in [0.25, 0.3) is 0 Å². The van der Waals surface area contributed by atoms with Gasteiger partial charge in [0.15, 0.2) is 0 Å². The summed E-state index contributed by atoms with van der Waals surface area (Å²) in [7, 11) is 3.81. The molecule has 1 unspecified atom stereocenters. The van der Waals surface area contributed by atoms with Crippen molar-refractivity contribution >= 4 is 11.8 Å². The van der Waals surface area contributed by atoms with Crippen molar-refractivity contribution in [2.45, 2.75) is 13.0 Å². The van der Waals surface area contributed by atoms with E-state index in [4.69, 9.17) is 5.73 Å². The van der Waals surface area contributed by atoms with Crippen molar-refractivity contribution in [1.29, 1.82) is 0 Å². The minimum Gasteiger partial charge on any atom is -0.368 e. The molecule has 3 N–H and O–H groups in total. The molecule has 5 heteroatoms. The Morgan fingerprint density at radius 3 is 2.86 bits per heavy atom. The maximum atomic E-state index is 5.62. The summed E-state index contributed by atoms with van der Waals surface area (Å²) in [4.78, 5) is 10.3. The number of hydrogen-bond donors (Lipinski definition) is 2. The van der Waals surface area contributed by atoms with Crippen LogP contribution in [0.15, 0.2) is 12.3 Å². The predicted octanol–water partition coefficient (Wildman–Crippen LogP) is 0.302. The third-order valence-electron chi connectivity index (χ3n) is 1.65. The summed E-state index contributed by atoms with van der Waals surface area (Å²) in [6, 6.07) is 1.95. The van der Waals surface area contributed by atoms with Gasteiger partial charge in [-0.25, -0.2) is 4.98 Å². The molecule has 0 radical (unpaired) electrons. The zero-order valence-corrected chi connectivity index (χ0v) is 8.86. The van der Waals surface area contributed by atoms with Crippen molar-refractivity contribution in [2.24, 2.45) is 5.73 Å². The lowest BCUT2D eigenvalue weighted by atomic mass is 10.3. The van der Waals surface area contributed by atoms with Crippen LogP contribution >= 0.6 is 0 Å². The van der Waals surface area contributed by atoms with Crippen LogP contribution in [0.25, 0.3) is 0 Å². The van der Waals surface area contributed by atoms with Crippen LogP contribution in [0.2, 0.25) is 0 Å². The van der Waals surface area contributed by atoms with E-state index in [1.165, 1.54) is 0 Å². The Kier molecular flexibility index (Phi) is 3.64. The van der Waals surface area contributed by atoms with E-state index >= 15 is 0 Å².